The highest BCUT2D eigenvalue weighted by Gasteiger charge is 1.97. The Morgan fingerprint density at radius 2 is 1.73 bits per heavy atom. The van der Waals surface area contributed by atoms with E-state index in [0.29, 0.717) is 0 Å². The minimum Gasteiger partial charge on any atom is -0.380 e. The van der Waals surface area contributed by atoms with Gasteiger partial charge in [0.15, 0.2) is 0 Å². The smallest absolute Gasteiger partial charge is 0.0593 e. The van der Waals surface area contributed by atoms with Crippen molar-refractivity contribution < 1.29 is 4.74 Å². The number of rotatable bonds is 11. The van der Waals surface area contributed by atoms with Crippen molar-refractivity contribution in [3.8, 4) is 0 Å². The average molecular weight is 216 g/mol. The molecule has 0 aromatic rings. The lowest BCUT2D eigenvalue weighted by molar-refractivity contribution is 0.104. The van der Waals surface area contributed by atoms with Crippen LogP contribution in [0.4, 0.5) is 0 Å². The molecular formula is C12H28N2O. The fraction of sp³-hybridized carbons (Fsp3) is 1.00. The van der Waals surface area contributed by atoms with Gasteiger partial charge in [-0.25, -0.2) is 0 Å². The zero-order chi connectivity index (χ0) is 11.4. The molecule has 0 saturated heterocycles. The first kappa shape index (κ1) is 14.9. The third-order valence-electron chi connectivity index (χ3n) is 2.59. The molecule has 0 amide bonds. The first-order valence-corrected chi connectivity index (χ1v) is 6.35. The lowest BCUT2D eigenvalue weighted by Crippen LogP contribution is -2.27. The summed E-state index contributed by atoms with van der Waals surface area (Å²) in [7, 11) is 0. The predicted molar refractivity (Wildman–Crippen MR) is 66.4 cm³/mol. The summed E-state index contributed by atoms with van der Waals surface area (Å²) in [6.45, 7) is 13.8. The molecule has 0 aromatic carbocycles. The maximum absolute atomic E-state index is 5.58. The van der Waals surface area contributed by atoms with Gasteiger partial charge in [0, 0.05) is 13.2 Å². The third kappa shape index (κ3) is 10.2. The minimum absolute atomic E-state index is 0.878. The van der Waals surface area contributed by atoms with Crippen LogP contribution in [0.5, 0.6) is 0 Å². The lowest BCUT2D eigenvalue weighted by Gasteiger charge is -2.17. The molecule has 0 spiro atoms. The Balaban J connectivity index is 3.04. The van der Waals surface area contributed by atoms with Gasteiger partial charge in [-0.2, -0.15) is 0 Å². The molecule has 0 radical (unpaired) electrons. The topological polar surface area (TPSA) is 24.5 Å². The number of hydrogen-bond acceptors (Lipinski definition) is 3. The summed E-state index contributed by atoms with van der Waals surface area (Å²) in [5.41, 5.74) is 0. The second kappa shape index (κ2) is 12.0. The fourth-order valence-electron chi connectivity index (χ4n) is 1.47. The van der Waals surface area contributed by atoms with Crippen molar-refractivity contribution in [3.63, 3.8) is 0 Å². The molecule has 0 unspecified atom stereocenters. The van der Waals surface area contributed by atoms with Crippen LogP contribution < -0.4 is 5.32 Å². The van der Waals surface area contributed by atoms with Gasteiger partial charge in [0.25, 0.3) is 0 Å². The zero-order valence-corrected chi connectivity index (χ0v) is 10.7. The number of unbranched alkanes of at least 4 members (excludes halogenated alkanes) is 1. The van der Waals surface area contributed by atoms with Crippen LogP contribution >= 0.6 is 0 Å². The molecule has 0 heterocycles. The molecule has 0 saturated carbocycles. The average Bonchev–Trinajstić information content (AvgIpc) is 2.27. The van der Waals surface area contributed by atoms with E-state index < -0.39 is 0 Å². The predicted octanol–water partition coefficient (Wildman–Crippen LogP) is 1.73. The first-order valence-electron chi connectivity index (χ1n) is 6.35. The van der Waals surface area contributed by atoms with Crippen LogP contribution in [0.1, 0.15) is 33.6 Å². The summed E-state index contributed by atoms with van der Waals surface area (Å²) in [4.78, 5) is 2.39. The van der Waals surface area contributed by atoms with Gasteiger partial charge >= 0.3 is 0 Å². The molecule has 0 atom stereocenters. The molecule has 3 nitrogen and oxygen atoms in total. The van der Waals surface area contributed by atoms with Crippen molar-refractivity contribution in [1.82, 2.24) is 10.2 Å². The Labute approximate surface area is 95.2 Å². The summed E-state index contributed by atoms with van der Waals surface area (Å²) < 4.78 is 5.58. The van der Waals surface area contributed by atoms with Gasteiger partial charge in [-0.3, -0.25) is 0 Å². The first-order chi connectivity index (χ1) is 7.35. The van der Waals surface area contributed by atoms with Gasteiger partial charge < -0.3 is 15.0 Å². The van der Waals surface area contributed by atoms with Crippen LogP contribution in [-0.2, 0) is 4.74 Å². The number of nitrogens with one attached hydrogen (secondary N) is 1. The molecule has 92 valence electrons. The molecule has 3 heteroatoms. The van der Waals surface area contributed by atoms with E-state index in [2.05, 4.69) is 31.0 Å². The molecule has 0 bridgehead atoms. The summed E-state index contributed by atoms with van der Waals surface area (Å²) in [6, 6.07) is 0. The van der Waals surface area contributed by atoms with Crippen molar-refractivity contribution in [1.29, 1.82) is 0 Å². The molecule has 0 rings (SSSR count). The molecule has 0 aromatic heterocycles. The zero-order valence-electron chi connectivity index (χ0n) is 10.7. The van der Waals surface area contributed by atoms with E-state index in [1.54, 1.807) is 0 Å². The van der Waals surface area contributed by atoms with E-state index in [-0.39, 0.29) is 0 Å². The third-order valence-corrected chi connectivity index (χ3v) is 2.59. The second-order valence-corrected chi connectivity index (χ2v) is 3.70. The van der Waals surface area contributed by atoms with E-state index in [9.17, 15) is 0 Å². The quantitative estimate of drug-likeness (QED) is 0.532. The second-order valence-electron chi connectivity index (χ2n) is 3.70. The largest absolute Gasteiger partial charge is 0.380 e. The van der Waals surface area contributed by atoms with Crippen LogP contribution in [0.3, 0.4) is 0 Å². The molecule has 0 fully saturated rings. The normalized spacial score (nSPS) is 11.2. The van der Waals surface area contributed by atoms with Crippen molar-refractivity contribution in [2.75, 3.05) is 45.9 Å². The summed E-state index contributed by atoms with van der Waals surface area (Å²) >= 11 is 0. The van der Waals surface area contributed by atoms with Crippen molar-refractivity contribution >= 4 is 0 Å². The standard InChI is InChI=1S/C12H28N2O/c1-4-13-9-7-8-11-15-12-10-14(5-2)6-3/h13H,4-12H2,1-3H3. The Morgan fingerprint density at radius 1 is 1.00 bits per heavy atom. The summed E-state index contributed by atoms with van der Waals surface area (Å²) in [6.07, 6.45) is 2.39. The molecular weight excluding hydrogens is 188 g/mol. The van der Waals surface area contributed by atoms with E-state index in [4.69, 9.17) is 4.74 Å². The van der Waals surface area contributed by atoms with Crippen LogP contribution in [0.2, 0.25) is 0 Å². The molecule has 0 aliphatic rings. The highest BCUT2D eigenvalue weighted by atomic mass is 16.5. The van der Waals surface area contributed by atoms with Crippen LogP contribution in [0.15, 0.2) is 0 Å². The maximum Gasteiger partial charge on any atom is 0.0593 e. The van der Waals surface area contributed by atoms with Gasteiger partial charge in [-0.05, 0) is 39.0 Å². The van der Waals surface area contributed by atoms with E-state index in [1.807, 2.05) is 0 Å². The fourth-order valence-corrected chi connectivity index (χ4v) is 1.47. The Kier molecular flexibility index (Phi) is 11.9. The van der Waals surface area contributed by atoms with Crippen LogP contribution in [0, 0.1) is 0 Å². The van der Waals surface area contributed by atoms with Gasteiger partial charge in [-0.1, -0.05) is 20.8 Å². The molecule has 1 N–H and O–H groups in total. The van der Waals surface area contributed by atoms with Gasteiger partial charge in [0.05, 0.1) is 6.61 Å². The van der Waals surface area contributed by atoms with Crippen molar-refractivity contribution in [2.24, 2.45) is 0 Å². The van der Waals surface area contributed by atoms with Gasteiger partial charge in [0.1, 0.15) is 0 Å². The van der Waals surface area contributed by atoms with Gasteiger partial charge in [-0.15, -0.1) is 0 Å². The molecule has 0 aliphatic carbocycles. The van der Waals surface area contributed by atoms with Crippen LogP contribution in [0.25, 0.3) is 0 Å². The van der Waals surface area contributed by atoms with Crippen molar-refractivity contribution in [2.45, 2.75) is 33.6 Å². The van der Waals surface area contributed by atoms with Gasteiger partial charge in [0.2, 0.25) is 0 Å². The highest BCUT2D eigenvalue weighted by Crippen LogP contribution is 1.91. The van der Waals surface area contributed by atoms with E-state index >= 15 is 0 Å². The van der Waals surface area contributed by atoms with Crippen molar-refractivity contribution in [3.05, 3.63) is 0 Å². The Hall–Kier alpha value is -0.120. The number of ether oxygens (including phenoxy) is 1. The summed E-state index contributed by atoms with van der Waals surface area (Å²) in [5, 5.41) is 3.31. The minimum atomic E-state index is 0.878. The monoisotopic (exact) mass is 216 g/mol. The van der Waals surface area contributed by atoms with E-state index in [0.717, 1.165) is 45.9 Å². The Morgan fingerprint density at radius 3 is 2.33 bits per heavy atom. The maximum atomic E-state index is 5.58. The highest BCUT2D eigenvalue weighted by molar-refractivity contribution is 4.50. The van der Waals surface area contributed by atoms with Crippen LogP contribution in [-0.4, -0.2) is 50.8 Å². The molecule has 15 heavy (non-hydrogen) atoms. The van der Waals surface area contributed by atoms with E-state index in [1.165, 1.54) is 12.8 Å². The SMILES string of the molecule is CCNCCCCOCCN(CC)CC. The number of likely N-dealkylation sites (N-methyl/N-ethyl adjacent to an activating group) is 1. The Bertz CT molecular complexity index is 116. The lowest BCUT2D eigenvalue weighted by atomic mass is 10.3. The number of nitrogens with zero attached hydrogens (tertiary/aromatic N) is 1. The number of hydrogen-bond donors (Lipinski definition) is 1. The molecule has 0 aliphatic heterocycles. The summed E-state index contributed by atoms with van der Waals surface area (Å²) in [5.74, 6) is 0.